The van der Waals surface area contributed by atoms with Gasteiger partial charge in [0, 0.05) is 19.6 Å². The summed E-state index contributed by atoms with van der Waals surface area (Å²) in [5.74, 6) is 0.480. The Morgan fingerprint density at radius 2 is 1.90 bits per heavy atom. The van der Waals surface area contributed by atoms with Crippen LogP contribution in [-0.2, 0) is 11.2 Å². The summed E-state index contributed by atoms with van der Waals surface area (Å²) < 4.78 is 0. The molecule has 3 nitrogen and oxygen atoms in total. The first-order valence-electron chi connectivity index (χ1n) is 6.74. The van der Waals surface area contributed by atoms with Crippen LogP contribution in [0.1, 0.15) is 25.8 Å². The number of halogens is 3. The molecule has 1 aromatic carbocycles. The molecule has 1 rings (SSSR count). The van der Waals surface area contributed by atoms with Crippen molar-refractivity contribution in [3.05, 3.63) is 33.8 Å². The van der Waals surface area contributed by atoms with Crippen molar-refractivity contribution in [2.45, 2.75) is 32.7 Å². The van der Waals surface area contributed by atoms with E-state index in [4.69, 9.17) is 28.9 Å². The minimum absolute atomic E-state index is 0. The van der Waals surface area contributed by atoms with Gasteiger partial charge in [0.15, 0.2) is 0 Å². The third-order valence-electron chi connectivity index (χ3n) is 3.42. The van der Waals surface area contributed by atoms with Crippen LogP contribution in [0, 0.1) is 5.92 Å². The van der Waals surface area contributed by atoms with E-state index in [2.05, 4.69) is 13.8 Å². The second kappa shape index (κ2) is 9.52. The lowest BCUT2D eigenvalue weighted by Crippen LogP contribution is -2.35. The molecule has 0 aromatic heterocycles. The van der Waals surface area contributed by atoms with E-state index < -0.39 is 0 Å². The lowest BCUT2D eigenvalue weighted by atomic mass is 10.0. The van der Waals surface area contributed by atoms with Crippen LogP contribution < -0.4 is 5.73 Å². The van der Waals surface area contributed by atoms with Gasteiger partial charge in [-0.1, -0.05) is 43.1 Å². The Labute approximate surface area is 143 Å². The van der Waals surface area contributed by atoms with Crippen LogP contribution in [0.2, 0.25) is 10.0 Å². The molecular formula is C15H23Cl3N2O. The molecule has 0 radical (unpaired) electrons. The Balaban J connectivity index is 0.00000400. The van der Waals surface area contributed by atoms with Gasteiger partial charge in [-0.15, -0.1) is 12.4 Å². The number of hydrogen-bond acceptors (Lipinski definition) is 2. The van der Waals surface area contributed by atoms with Gasteiger partial charge in [0.05, 0.1) is 16.5 Å². The predicted molar refractivity (Wildman–Crippen MR) is 92.5 cm³/mol. The average Bonchev–Trinajstić information content (AvgIpc) is 2.39. The summed E-state index contributed by atoms with van der Waals surface area (Å²) in [4.78, 5) is 13.8. The topological polar surface area (TPSA) is 46.3 Å². The maximum Gasteiger partial charge on any atom is 0.226 e. The number of likely N-dealkylation sites (N-methyl/N-ethyl adjacent to an activating group) is 1. The summed E-state index contributed by atoms with van der Waals surface area (Å²) in [6, 6.07) is 5.38. The fourth-order valence-corrected chi connectivity index (χ4v) is 2.08. The van der Waals surface area contributed by atoms with Gasteiger partial charge in [0.25, 0.3) is 0 Å². The van der Waals surface area contributed by atoms with Crippen molar-refractivity contribution >= 4 is 41.5 Å². The molecule has 2 N–H and O–H groups in total. The Morgan fingerprint density at radius 1 is 1.29 bits per heavy atom. The first-order chi connectivity index (χ1) is 9.31. The van der Waals surface area contributed by atoms with Crippen LogP contribution in [0.4, 0.5) is 0 Å². The number of rotatable bonds is 6. The summed E-state index contributed by atoms with van der Waals surface area (Å²) in [6.45, 7) is 4.84. The molecule has 0 fully saturated rings. The van der Waals surface area contributed by atoms with Gasteiger partial charge >= 0.3 is 0 Å². The molecule has 0 spiro atoms. The molecule has 0 saturated heterocycles. The van der Waals surface area contributed by atoms with Crippen molar-refractivity contribution in [3.8, 4) is 0 Å². The van der Waals surface area contributed by atoms with E-state index in [1.807, 2.05) is 6.07 Å². The van der Waals surface area contributed by atoms with Crippen molar-refractivity contribution in [1.29, 1.82) is 0 Å². The van der Waals surface area contributed by atoms with Crippen LogP contribution >= 0.6 is 35.6 Å². The van der Waals surface area contributed by atoms with E-state index in [1.54, 1.807) is 24.1 Å². The smallest absolute Gasteiger partial charge is 0.226 e. The number of hydrogen-bond donors (Lipinski definition) is 1. The first kappa shape index (κ1) is 20.5. The molecule has 1 amide bonds. The number of carbonyl (C=O) groups is 1. The van der Waals surface area contributed by atoms with Crippen LogP contribution in [0.3, 0.4) is 0 Å². The number of carbonyl (C=O) groups excluding carboxylic acids is 1. The minimum Gasteiger partial charge on any atom is -0.345 e. The molecule has 0 bridgehead atoms. The minimum atomic E-state index is 0. The molecule has 0 aliphatic heterocycles. The van der Waals surface area contributed by atoms with Gasteiger partial charge < -0.3 is 10.6 Å². The average molecular weight is 354 g/mol. The van der Waals surface area contributed by atoms with Crippen molar-refractivity contribution in [2.75, 3.05) is 13.6 Å². The van der Waals surface area contributed by atoms with E-state index in [9.17, 15) is 4.79 Å². The molecule has 0 heterocycles. The number of nitrogens with two attached hydrogens (primary N) is 1. The summed E-state index contributed by atoms with van der Waals surface area (Å²) in [5.41, 5.74) is 6.85. The van der Waals surface area contributed by atoms with Gasteiger partial charge in [-0.3, -0.25) is 4.79 Å². The third-order valence-corrected chi connectivity index (χ3v) is 4.16. The molecule has 0 saturated carbocycles. The van der Waals surface area contributed by atoms with Crippen LogP contribution in [0.15, 0.2) is 18.2 Å². The van der Waals surface area contributed by atoms with Gasteiger partial charge in [0.2, 0.25) is 5.91 Å². The normalized spacial score (nSPS) is 12.0. The SMILES string of the molecule is CC(C)C(N)CCN(C)C(=O)Cc1ccc(Cl)c(Cl)c1.Cl. The summed E-state index contributed by atoms with van der Waals surface area (Å²) in [5, 5.41) is 0.973. The van der Waals surface area contributed by atoms with E-state index in [-0.39, 0.29) is 24.4 Å². The molecule has 1 atom stereocenters. The maximum absolute atomic E-state index is 12.1. The second-order valence-electron chi connectivity index (χ2n) is 5.44. The molecular weight excluding hydrogens is 331 g/mol. The fourth-order valence-electron chi connectivity index (χ4n) is 1.76. The van der Waals surface area contributed by atoms with Crippen molar-refractivity contribution < 1.29 is 4.79 Å². The fraction of sp³-hybridized carbons (Fsp3) is 0.533. The molecule has 1 aromatic rings. The Bertz CT molecular complexity index is 466. The highest BCUT2D eigenvalue weighted by molar-refractivity contribution is 6.42. The van der Waals surface area contributed by atoms with Crippen molar-refractivity contribution in [2.24, 2.45) is 11.7 Å². The summed E-state index contributed by atoms with van der Waals surface area (Å²) in [7, 11) is 1.80. The van der Waals surface area contributed by atoms with Gasteiger partial charge in [-0.25, -0.2) is 0 Å². The molecule has 1 unspecified atom stereocenters. The predicted octanol–water partition coefficient (Wildman–Crippen LogP) is 3.79. The van der Waals surface area contributed by atoms with Crippen molar-refractivity contribution in [1.82, 2.24) is 4.90 Å². The van der Waals surface area contributed by atoms with Crippen LogP contribution in [-0.4, -0.2) is 30.4 Å². The summed E-state index contributed by atoms with van der Waals surface area (Å²) >= 11 is 11.8. The highest BCUT2D eigenvalue weighted by atomic mass is 35.5. The molecule has 120 valence electrons. The summed E-state index contributed by atoms with van der Waals surface area (Å²) in [6.07, 6.45) is 1.13. The first-order valence-corrected chi connectivity index (χ1v) is 7.50. The maximum atomic E-state index is 12.1. The zero-order valence-corrected chi connectivity index (χ0v) is 14.9. The highest BCUT2D eigenvalue weighted by Crippen LogP contribution is 2.23. The molecule has 21 heavy (non-hydrogen) atoms. The van der Waals surface area contributed by atoms with Crippen LogP contribution in [0.5, 0.6) is 0 Å². The van der Waals surface area contributed by atoms with Crippen molar-refractivity contribution in [3.63, 3.8) is 0 Å². The van der Waals surface area contributed by atoms with Gasteiger partial charge in [0.1, 0.15) is 0 Å². The molecule has 0 aliphatic rings. The van der Waals surface area contributed by atoms with Gasteiger partial charge in [-0.05, 0) is 30.0 Å². The third kappa shape index (κ3) is 6.88. The quantitative estimate of drug-likeness (QED) is 0.845. The van der Waals surface area contributed by atoms with E-state index in [0.29, 0.717) is 28.9 Å². The molecule has 0 aliphatic carbocycles. The van der Waals surface area contributed by atoms with E-state index >= 15 is 0 Å². The number of benzene rings is 1. The largest absolute Gasteiger partial charge is 0.345 e. The van der Waals surface area contributed by atoms with Gasteiger partial charge in [-0.2, -0.15) is 0 Å². The van der Waals surface area contributed by atoms with E-state index in [0.717, 1.165) is 12.0 Å². The molecule has 6 heteroatoms. The monoisotopic (exact) mass is 352 g/mol. The van der Waals surface area contributed by atoms with E-state index in [1.165, 1.54) is 0 Å². The number of amides is 1. The second-order valence-corrected chi connectivity index (χ2v) is 6.25. The van der Waals surface area contributed by atoms with Crippen LogP contribution in [0.25, 0.3) is 0 Å². The number of nitrogens with zero attached hydrogens (tertiary/aromatic N) is 1. The highest BCUT2D eigenvalue weighted by Gasteiger charge is 2.13. The Morgan fingerprint density at radius 3 is 2.43 bits per heavy atom. The Kier molecular flexibility index (Phi) is 9.30. The lowest BCUT2D eigenvalue weighted by molar-refractivity contribution is -0.129. The zero-order chi connectivity index (χ0) is 15.3. The standard InChI is InChI=1S/C15H22Cl2N2O.ClH/c1-10(2)14(18)6-7-19(3)15(20)9-11-4-5-12(16)13(17)8-11;/h4-5,8,10,14H,6-7,9,18H2,1-3H3;1H. The Hall–Kier alpha value is -0.480. The zero-order valence-electron chi connectivity index (χ0n) is 12.6. The lowest BCUT2D eigenvalue weighted by Gasteiger charge is -2.21.